The molecule has 1 aliphatic rings. The topological polar surface area (TPSA) is 47.3 Å². The van der Waals surface area contributed by atoms with Crippen molar-refractivity contribution >= 4 is 5.88 Å². The van der Waals surface area contributed by atoms with E-state index in [0.29, 0.717) is 5.92 Å². The summed E-state index contributed by atoms with van der Waals surface area (Å²) < 4.78 is 10.8. The highest BCUT2D eigenvalue weighted by Crippen LogP contribution is 2.38. The summed E-state index contributed by atoms with van der Waals surface area (Å²) >= 11 is 0. The number of ether oxygens (including phenoxy) is 1. The minimum atomic E-state index is 0.468. The van der Waals surface area contributed by atoms with Gasteiger partial charge in [0.15, 0.2) is 0 Å². The van der Waals surface area contributed by atoms with Crippen molar-refractivity contribution in [1.29, 1.82) is 0 Å². The van der Waals surface area contributed by atoms with E-state index in [4.69, 9.17) is 9.26 Å². The van der Waals surface area contributed by atoms with Crippen molar-refractivity contribution in [2.45, 2.75) is 25.2 Å². The number of benzene rings is 1. The Morgan fingerprint density at radius 3 is 3.00 bits per heavy atom. The molecule has 0 aliphatic heterocycles. The molecule has 19 heavy (non-hydrogen) atoms. The van der Waals surface area contributed by atoms with Crippen LogP contribution < -0.4 is 10.1 Å². The van der Waals surface area contributed by atoms with Crippen LogP contribution in [0.4, 0.5) is 5.88 Å². The molecule has 1 unspecified atom stereocenters. The molecule has 1 aromatic heterocycles. The maximum atomic E-state index is 5.47. The second kappa shape index (κ2) is 4.96. The second-order valence-corrected chi connectivity index (χ2v) is 4.87. The van der Waals surface area contributed by atoms with Gasteiger partial charge < -0.3 is 14.6 Å². The Bertz CT molecular complexity index is 564. The highest BCUT2D eigenvalue weighted by atomic mass is 16.5. The van der Waals surface area contributed by atoms with Gasteiger partial charge in [-0.05, 0) is 36.8 Å². The highest BCUT2D eigenvalue weighted by Gasteiger charge is 2.27. The number of aromatic nitrogens is 1. The van der Waals surface area contributed by atoms with Crippen LogP contribution in [0.3, 0.4) is 0 Å². The zero-order valence-corrected chi connectivity index (χ0v) is 11.3. The number of fused-ring (bicyclic) bond motifs is 1. The van der Waals surface area contributed by atoms with Crippen molar-refractivity contribution in [3.8, 4) is 5.75 Å². The molecule has 0 bridgehead atoms. The molecule has 0 radical (unpaired) electrons. The fraction of sp³-hybridized carbons (Fsp3) is 0.400. The Balaban J connectivity index is 1.92. The maximum absolute atomic E-state index is 5.47. The summed E-state index contributed by atoms with van der Waals surface area (Å²) in [4.78, 5) is 0. The summed E-state index contributed by atoms with van der Waals surface area (Å²) in [6.07, 6.45) is 3.00. The average molecular weight is 258 g/mol. The van der Waals surface area contributed by atoms with Crippen molar-refractivity contribution in [3.05, 3.63) is 41.1 Å². The number of hydrogen-bond donors (Lipinski definition) is 1. The number of para-hydroxylation sites is 1. The van der Waals surface area contributed by atoms with Crippen LogP contribution in [0.5, 0.6) is 5.75 Å². The quantitative estimate of drug-likeness (QED) is 0.919. The van der Waals surface area contributed by atoms with E-state index in [1.807, 2.05) is 19.2 Å². The summed E-state index contributed by atoms with van der Waals surface area (Å²) in [5, 5.41) is 7.20. The number of nitrogens with zero attached hydrogens (tertiary/aromatic N) is 1. The first-order valence-electron chi connectivity index (χ1n) is 6.61. The van der Waals surface area contributed by atoms with E-state index in [1.54, 1.807) is 7.11 Å². The smallest absolute Gasteiger partial charge is 0.227 e. The number of nitrogens with one attached hydrogen (secondary N) is 1. The van der Waals surface area contributed by atoms with E-state index in [2.05, 4.69) is 22.6 Å². The van der Waals surface area contributed by atoms with Gasteiger partial charge in [-0.1, -0.05) is 23.4 Å². The minimum Gasteiger partial charge on any atom is -0.496 e. The number of hydrogen-bond acceptors (Lipinski definition) is 4. The van der Waals surface area contributed by atoms with E-state index < -0.39 is 0 Å². The van der Waals surface area contributed by atoms with Crippen LogP contribution in [-0.4, -0.2) is 19.3 Å². The van der Waals surface area contributed by atoms with Gasteiger partial charge in [0.2, 0.25) is 5.88 Å². The molecule has 1 atom stereocenters. The molecule has 1 heterocycles. The first-order chi connectivity index (χ1) is 9.33. The van der Waals surface area contributed by atoms with Gasteiger partial charge in [0.05, 0.1) is 12.8 Å². The summed E-state index contributed by atoms with van der Waals surface area (Å²) in [5.41, 5.74) is 3.58. The molecule has 1 aromatic carbocycles. The van der Waals surface area contributed by atoms with Gasteiger partial charge in [0, 0.05) is 12.6 Å². The lowest BCUT2D eigenvalue weighted by Gasteiger charge is -2.23. The predicted octanol–water partition coefficient (Wildman–Crippen LogP) is 3.00. The molecular formula is C15H18N2O2. The highest BCUT2D eigenvalue weighted by molar-refractivity contribution is 5.47. The SMILES string of the molecule is CNc1onc2c1CC(c1ccccc1OC)CC2. The van der Waals surface area contributed by atoms with Crippen LogP contribution in [0, 0.1) is 0 Å². The predicted molar refractivity (Wildman–Crippen MR) is 73.8 cm³/mol. The Labute approximate surface area is 112 Å². The first-order valence-corrected chi connectivity index (χ1v) is 6.61. The Morgan fingerprint density at radius 2 is 2.21 bits per heavy atom. The van der Waals surface area contributed by atoms with E-state index in [0.717, 1.165) is 36.6 Å². The average Bonchev–Trinajstić information content (AvgIpc) is 2.89. The van der Waals surface area contributed by atoms with Gasteiger partial charge in [0.25, 0.3) is 0 Å². The van der Waals surface area contributed by atoms with Gasteiger partial charge in [-0.15, -0.1) is 0 Å². The molecule has 3 rings (SSSR count). The van der Waals surface area contributed by atoms with Gasteiger partial charge in [-0.3, -0.25) is 0 Å². The molecule has 0 spiro atoms. The van der Waals surface area contributed by atoms with E-state index >= 15 is 0 Å². The number of anilines is 1. The van der Waals surface area contributed by atoms with Crippen LogP contribution in [0.2, 0.25) is 0 Å². The van der Waals surface area contributed by atoms with E-state index in [1.165, 1.54) is 11.1 Å². The Hall–Kier alpha value is -1.97. The standard InChI is InChI=1S/C15H18N2O2/c1-16-15-12-9-10(7-8-13(12)17-19-15)11-5-3-4-6-14(11)18-2/h3-6,10,16H,7-9H2,1-2H3. The molecule has 0 amide bonds. The lowest BCUT2D eigenvalue weighted by Crippen LogP contribution is -2.13. The first kappa shape index (κ1) is 12.1. The third-order valence-corrected chi connectivity index (χ3v) is 3.86. The van der Waals surface area contributed by atoms with Crippen LogP contribution in [-0.2, 0) is 12.8 Å². The molecule has 2 aromatic rings. The molecule has 1 N–H and O–H groups in total. The summed E-state index contributed by atoms with van der Waals surface area (Å²) in [6, 6.07) is 8.26. The summed E-state index contributed by atoms with van der Waals surface area (Å²) in [6.45, 7) is 0. The number of rotatable bonds is 3. The largest absolute Gasteiger partial charge is 0.496 e. The minimum absolute atomic E-state index is 0.468. The van der Waals surface area contributed by atoms with Crippen molar-refractivity contribution < 1.29 is 9.26 Å². The summed E-state index contributed by atoms with van der Waals surface area (Å²) in [7, 11) is 3.60. The molecule has 0 saturated carbocycles. The van der Waals surface area contributed by atoms with Crippen LogP contribution in [0.15, 0.2) is 28.8 Å². The fourth-order valence-electron chi connectivity index (χ4n) is 2.87. The molecular weight excluding hydrogens is 240 g/mol. The molecule has 100 valence electrons. The normalized spacial score (nSPS) is 17.9. The van der Waals surface area contributed by atoms with Gasteiger partial charge in [-0.2, -0.15) is 0 Å². The number of methoxy groups -OCH3 is 1. The maximum Gasteiger partial charge on any atom is 0.227 e. The zero-order chi connectivity index (χ0) is 13.2. The van der Waals surface area contributed by atoms with Crippen molar-refractivity contribution in [3.63, 3.8) is 0 Å². The number of aryl methyl sites for hydroxylation is 1. The van der Waals surface area contributed by atoms with E-state index in [-0.39, 0.29) is 0 Å². The van der Waals surface area contributed by atoms with E-state index in [9.17, 15) is 0 Å². The zero-order valence-electron chi connectivity index (χ0n) is 11.3. The third-order valence-electron chi connectivity index (χ3n) is 3.86. The molecule has 4 heteroatoms. The molecule has 1 aliphatic carbocycles. The lowest BCUT2D eigenvalue weighted by atomic mass is 9.82. The lowest BCUT2D eigenvalue weighted by molar-refractivity contribution is 0.401. The van der Waals surface area contributed by atoms with Crippen LogP contribution in [0.25, 0.3) is 0 Å². The monoisotopic (exact) mass is 258 g/mol. The van der Waals surface area contributed by atoms with Gasteiger partial charge in [0.1, 0.15) is 5.75 Å². The molecule has 4 nitrogen and oxygen atoms in total. The Morgan fingerprint density at radius 1 is 1.37 bits per heavy atom. The fourth-order valence-corrected chi connectivity index (χ4v) is 2.87. The summed E-state index contributed by atoms with van der Waals surface area (Å²) in [5.74, 6) is 2.24. The van der Waals surface area contributed by atoms with Crippen LogP contribution >= 0.6 is 0 Å². The molecule has 0 saturated heterocycles. The third kappa shape index (κ3) is 2.07. The van der Waals surface area contributed by atoms with Crippen LogP contribution in [0.1, 0.15) is 29.2 Å². The molecule has 0 fully saturated rings. The van der Waals surface area contributed by atoms with Crippen molar-refractivity contribution in [1.82, 2.24) is 5.16 Å². The van der Waals surface area contributed by atoms with Crippen molar-refractivity contribution in [2.24, 2.45) is 0 Å². The van der Waals surface area contributed by atoms with Crippen molar-refractivity contribution in [2.75, 3.05) is 19.5 Å². The Kier molecular flexibility index (Phi) is 3.15. The second-order valence-electron chi connectivity index (χ2n) is 4.87. The van der Waals surface area contributed by atoms with Gasteiger partial charge in [-0.25, -0.2) is 0 Å². The van der Waals surface area contributed by atoms with Gasteiger partial charge >= 0.3 is 0 Å².